The summed E-state index contributed by atoms with van der Waals surface area (Å²) in [6, 6.07) is -0.527. The Kier molecular flexibility index (Phi) is 4.32. The van der Waals surface area contributed by atoms with Crippen LogP contribution in [0.5, 0.6) is 0 Å². The van der Waals surface area contributed by atoms with Crippen molar-refractivity contribution in [2.24, 2.45) is 11.7 Å². The lowest BCUT2D eigenvalue weighted by Gasteiger charge is -2.25. The summed E-state index contributed by atoms with van der Waals surface area (Å²) in [6.45, 7) is 4.55. The zero-order valence-corrected chi connectivity index (χ0v) is 10.7. The number of amides is 1. The topological polar surface area (TPSA) is 80.5 Å². The lowest BCUT2D eigenvalue weighted by molar-refractivity contribution is -0.133. The number of sulfone groups is 1. The van der Waals surface area contributed by atoms with Crippen LogP contribution in [-0.2, 0) is 14.6 Å². The number of carbonyl (C=O) groups excluding carboxylic acids is 1. The van der Waals surface area contributed by atoms with Crippen molar-refractivity contribution in [3.63, 3.8) is 0 Å². The molecule has 5 nitrogen and oxygen atoms in total. The maximum Gasteiger partial charge on any atom is 0.239 e. The highest BCUT2D eigenvalue weighted by molar-refractivity contribution is 7.91. The van der Waals surface area contributed by atoms with Gasteiger partial charge in [-0.3, -0.25) is 4.79 Å². The second-order valence-corrected chi connectivity index (χ2v) is 6.90. The number of hydrogen-bond donors (Lipinski definition) is 1. The predicted octanol–water partition coefficient (Wildman–Crippen LogP) is -0.383. The monoisotopic (exact) mass is 248 g/mol. The first-order valence-electron chi connectivity index (χ1n) is 5.58. The van der Waals surface area contributed by atoms with Gasteiger partial charge in [0.25, 0.3) is 0 Å². The molecule has 1 saturated heterocycles. The van der Waals surface area contributed by atoms with E-state index in [0.29, 0.717) is 13.0 Å². The lowest BCUT2D eigenvalue weighted by atomic mass is 10.0. The molecule has 2 N–H and O–H groups in total. The molecule has 1 amide bonds. The van der Waals surface area contributed by atoms with Crippen LogP contribution in [0.15, 0.2) is 0 Å². The molecule has 1 aliphatic heterocycles. The van der Waals surface area contributed by atoms with E-state index in [1.807, 2.05) is 13.8 Å². The van der Waals surface area contributed by atoms with Gasteiger partial charge in [-0.25, -0.2) is 8.42 Å². The van der Waals surface area contributed by atoms with Crippen LogP contribution in [0.4, 0.5) is 0 Å². The Labute approximate surface area is 96.9 Å². The summed E-state index contributed by atoms with van der Waals surface area (Å²) < 4.78 is 22.7. The minimum absolute atomic E-state index is 0.0591. The van der Waals surface area contributed by atoms with E-state index in [1.165, 1.54) is 0 Å². The first-order chi connectivity index (χ1) is 7.33. The van der Waals surface area contributed by atoms with Crippen molar-refractivity contribution in [2.45, 2.75) is 26.3 Å². The molecule has 94 valence electrons. The molecular formula is C10H20N2O3S. The number of nitrogens with two attached hydrogens (primary N) is 1. The Balaban J connectivity index is 2.65. The third-order valence-electron chi connectivity index (χ3n) is 2.87. The molecule has 16 heavy (non-hydrogen) atoms. The number of nitrogens with zero attached hydrogens (tertiary/aromatic N) is 1. The molecule has 1 atom stereocenters. The third-order valence-corrected chi connectivity index (χ3v) is 4.59. The number of carbonyl (C=O) groups is 1. The predicted molar refractivity (Wildman–Crippen MR) is 62.7 cm³/mol. The second kappa shape index (κ2) is 5.14. The molecule has 0 saturated carbocycles. The standard InChI is InChI=1S/C10H20N2O3S/c1-8(2)9(11)10(13)12-4-3-6-16(14,15)7-5-12/h8-9H,3-7,11H2,1-2H3. The highest BCUT2D eigenvalue weighted by atomic mass is 32.2. The summed E-state index contributed by atoms with van der Waals surface area (Å²) in [5.41, 5.74) is 5.77. The summed E-state index contributed by atoms with van der Waals surface area (Å²) in [6.07, 6.45) is 0.513. The van der Waals surface area contributed by atoms with Gasteiger partial charge in [-0.15, -0.1) is 0 Å². The van der Waals surface area contributed by atoms with Crippen LogP contribution in [0.1, 0.15) is 20.3 Å². The highest BCUT2D eigenvalue weighted by Crippen LogP contribution is 2.09. The Morgan fingerprint density at radius 3 is 2.44 bits per heavy atom. The van der Waals surface area contributed by atoms with Crippen molar-refractivity contribution < 1.29 is 13.2 Å². The largest absolute Gasteiger partial charge is 0.340 e. The fraction of sp³-hybridized carbons (Fsp3) is 0.900. The van der Waals surface area contributed by atoms with Gasteiger partial charge < -0.3 is 10.6 Å². The first-order valence-corrected chi connectivity index (χ1v) is 7.40. The van der Waals surface area contributed by atoms with Crippen molar-refractivity contribution in [1.29, 1.82) is 0 Å². The zero-order valence-electron chi connectivity index (χ0n) is 9.85. The molecule has 1 fully saturated rings. The summed E-state index contributed by atoms with van der Waals surface area (Å²) in [4.78, 5) is 13.5. The van der Waals surface area contributed by atoms with E-state index in [0.717, 1.165) is 0 Å². The molecule has 6 heteroatoms. The van der Waals surface area contributed by atoms with Crippen LogP contribution in [0, 0.1) is 5.92 Å². The third kappa shape index (κ3) is 3.45. The van der Waals surface area contributed by atoms with Gasteiger partial charge in [-0.05, 0) is 12.3 Å². The fourth-order valence-electron chi connectivity index (χ4n) is 1.65. The van der Waals surface area contributed by atoms with Crippen LogP contribution in [0.3, 0.4) is 0 Å². The molecule has 0 aromatic heterocycles. The van der Waals surface area contributed by atoms with Crippen molar-refractivity contribution >= 4 is 15.7 Å². The van der Waals surface area contributed by atoms with Gasteiger partial charge in [-0.1, -0.05) is 13.8 Å². The van der Waals surface area contributed by atoms with E-state index in [4.69, 9.17) is 5.73 Å². The average molecular weight is 248 g/mol. The average Bonchev–Trinajstić information content (AvgIpc) is 2.37. The van der Waals surface area contributed by atoms with Gasteiger partial charge in [0.05, 0.1) is 17.5 Å². The van der Waals surface area contributed by atoms with Gasteiger partial charge in [0, 0.05) is 13.1 Å². The van der Waals surface area contributed by atoms with Gasteiger partial charge in [0.15, 0.2) is 9.84 Å². The van der Waals surface area contributed by atoms with E-state index in [2.05, 4.69) is 0 Å². The molecule has 1 unspecified atom stereocenters. The minimum atomic E-state index is -2.97. The highest BCUT2D eigenvalue weighted by Gasteiger charge is 2.27. The van der Waals surface area contributed by atoms with Crippen molar-refractivity contribution in [1.82, 2.24) is 4.90 Å². The summed E-state index contributed by atoms with van der Waals surface area (Å²) in [7, 11) is -2.97. The Bertz CT molecular complexity index is 351. The molecule has 0 aromatic carbocycles. The van der Waals surface area contributed by atoms with Crippen LogP contribution < -0.4 is 5.73 Å². The lowest BCUT2D eigenvalue weighted by Crippen LogP contribution is -2.47. The second-order valence-electron chi connectivity index (χ2n) is 4.60. The maximum atomic E-state index is 11.9. The molecule has 1 heterocycles. The normalized spacial score (nSPS) is 22.9. The molecule has 0 radical (unpaired) electrons. The summed E-state index contributed by atoms with van der Waals surface area (Å²) in [5.74, 6) is 0.177. The van der Waals surface area contributed by atoms with Crippen LogP contribution in [0.25, 0.3) is 0 Å². The van der Waals surface area contributed by atoms with Crippen molar-refractivity contribution in [2.75, 3.05) is 24.6 Å². The van der Waals surface area contributed by atoms with E-state index in [9.17, 15) is 13.2 Å². The first kappa shape index (κ1) is 13.4. The Morgan fingerprint density at radius 1 is 1.25 bits per heavy atom. The number of rotatable bonds is 2. The van der Waals surface area contributed by atoms with Gasteiger partial charge in [0.2, 0.25) is 5.91 Å². The van der Waals surface area contributed by atoms with E-state index in [1.54, 1.807) is 4.90 Å². The van der Waals surface area contributed by atoms with Gasteiger partial charge >= 0.3 is 0 Å². The van der Waals surface area contributed by atoms with Crippen LogP contribution in [0.2, 0.25) is 0 Å². The Hall–Kier alpha value is -0.620. The SMILES string of the molecule is CC(C)C(N)C(=O)N1CCCS(=O)(=O)CC1. The van der Waals surface area contributed by atoms with E-state index >= 15 is 0 Å². The molecule has 1 rings (SSSR count). The van der Waals surface area contributed by atoms with Gasteiger partial charge in [-0.2, -0.15) is 0 Å². The zero-order chi connectivity index (χ0) is 12.3. The van der Waals surface area contributed by atoms with Crippen molar-refractivity contribution in [3.05, 3.63) is 0 Å². The van der Waals surface area contributed by atoms with Crippen LogP contribution in [-0.4, -0.2) is 49.9 Å². The van der Waals surface area contributed by atoms with E-state index < -0.39 is 15.9 Å². The maximum absolute atomic E-state index is 11.9. The molecule has 0 spiro atoms. The molecule has 0 aliphatic carbocycles. The molecule has 0 aromatic rings. The van der Waals surface area contributed by atoms with Gasteiger partial charge in [0.1, 0.15) is 0 Å². The Morgan fingerprint density at radius 2 is 1.88 bits per heavy atom. The minimum Gasteiger partial charge on any atom is -0.340 e. The molecular weight excluding hydrogens is 228 g/mol. The quantitative estimate of drug-likeness (QED) is 0.722. The van der Waals surface area contributed by atoms with Crippen molar-refractivity contribution in [3.8, 4) is 0 Å². The molecule has 1 aliphatic rings. The smallest absolute Gasteiger partial charge is 0.239 e. The van der Waals surface area contributed by atoms with Crippen LogP contribution >= 0.6 is 0 Å². The van der Waals surface area contributed by atoms with E-state index in [-0.39, 0.29) is 29.9 Å². The number of hydrogen-bond acceptors (Lipinski definition) is 4. The summed E-state index contributed by atoms with van der Waals surface area (Å²) >= 11 is 0. The molecule has 0 bridgehead atoms. The fourth-order valence-corrected chi connectivity index (χ4v) is 2.93. The summed E-state index contributed by atoms with van der Waals surface area (Å²) in [5, 5.41) is 0.